The Labute approximate surface area is 228 Å². The Morgan fingerprint density at radius 2 is 1.84 bits per heavy atom. The number of carbonyl (C=O) groups is 1. The number of rotatable bonds is 9. The topological polar surface area (TPSA) is 127 Å². The third kappa shape index (κ3) is 6.12. The number of amides is 1. The molecule has 5 rings (SSSR count). The van der Waals surface area contributed by atoms with Crippen molar-refractivity contribution >= 4 is 33.4 Å². The van der Waals surface area contributed by atoms with E-state index in [0.29, 0.717) is 49.9 Å². The lowest BCUT2D eigenvalue weighted by Gasteiger charge is -2.38. The first-order chi connectivity index (χ1) is 18.1. The van der Waals surface area contributed by atoms with Crippen LogP contribution in [0.3, 0.4) is 0 Å². The molecule has 1 aromatic heterocycles. The van der Waals surface area contributed by atoms with E-state index in [1.54, 1.807) is 12.1 Å². The quantitative estimate of drug-likeness (QED) is 0.442. The van der Waals surface area contributed by atoms with Gasteiger partial charge in [0.15, 0.2) is 0 Å². The molecule has 0 unspecified atom stereocenters. The van der Waals surface area contributed by atoms with E-state index >= 15 is 0 Å². The van der Waals surface area contributed by atoms with Gasteiger partial charge in [-0.3, -0.25) is 14.2 Å². The van der Waals surface area contributed by atoms with Gasteiger partial charge >= 0.3 is 0 Å². The van der Waals surface area contributed by atoms with Crippen LogP contribution in [0, 0.1) is 0 Å². The highest BCUT2D eigenvalue weighted by Crippen LogP contribution is 2.43. The fourth-order valence-corrected chi connectivity index (χ4v) is 6.26. The van der Waals surface area contributed by atoms with Gasteiger partial charge in [0.25, 0.3) is 10.1 Å². The van der Waals surface area contributed by atoms with Crippen LogP contribution in [0.5, 0.6) is 0 Å². The van der Waals surface area contributed by atoms with Crippen molar-refractivity contribution in [3.8, 4) is 0 Å². The summed E-state index contributed by atoms with van der Waals surface area (Å²) in [7, 11) is -4.10. The van der Waals surface area contributed by atoms with Gasteiger partial charge in [0, 0.05) is 55.9 Å². The third-order valence-corrected chi connectivity index (χ3v) is 8.81. The van der Waals surface area contributed by atoms with Crippen molar-refractivity contribution in [2.24, 2.45) is 0 Å². The van der Waals surface area contributed by atoms with E-state index in [1.807, 2.05) is 21.9 Å². The average Bonchev–Trinajstić information content (AvgIpc) is 3.69. The summed E-state index contributed by atoms with van der Waals surface area (Å²) in [6.07, 6.45) is 3.46. The summed E-state index contributed by atoms with van der Waals surface area (Å²) in [6.45, 7) is 4.89. The van der Waals surface area contributed by atoms with Gasteiger partial charge in [0.2, 0.25) is 5.91 Å². The lowest BCUT2D eigenvalue weighted by Crippen LogP contribution is -2.51. The molecular formula is C26H34ClN5O5S. The van der Waals surface area contributed by atoms with Crippen molar-refractivity contribution in [3.05, 3.63) is 52.4 Å². The van der Waals surface area contributed by atoms with Crippen LogP contribution in [0.2, 0.25) is 5.02 Å². The first kappa shape index (κ1) is 27.3. The van der Waals surface area contributed by atoms with E-state index in [1.165, 1.54) is 6.33 Å². The van der Waals surface area contributed by atoms with Crippen molar-refractivity contribution in [2.45, 2.75) is 50.2 Å². The van der Waals surface area contributed by atoms with Crippen LogP contribution in [-0.2, 0) is 14.9 Å². The highest BCUT2D eigenvalue weighted by atomic mass is 35.5. The molecule has 2 aliphatic carbocycles. The molecule has 1 saturated heterocycles. The molecule has 1 aromatic carbocycles. The summed E-state index contributed by atoms with van der Waals surface area (Å²) >= 11 is 6.11. The highest BCUT2D eigenvalue weighted by Gasteiger charge is 2.37. The minimum absolute atomic E-state index is 0.0128. The molecule has 38 heavy (non-hydrogen) atoms. The molecule has 0 bridgehead atoms. The zero-order valence-corrected chi connectivity index (χ0v) is 23.0. The van der Waals surface area contributed by atoms with E-state index in [4.69, 9.17) is 11.6 Å². The molecule has 2 N–H and O–H groups in total. The molecule has 3 atom stereocenters. The van der Waals surface area contributed by atoms with E-state index in [2.05, 4.69) is 21.8 Å². The number of anilines is 1. The summed E-state index contributed by atoms with van der Waals surface area (Å²) < 4.78 is 32.1. The molecule has 0 spiro atoms. The number of benzene rings is 1. The summed E-state index contributed by atoms with van der Waals surface area (Å²) in [5.41, 5.74) is 2.53. The van der Waals surface area contributed by atoms with Gasteiger partial charge in [-0.2, -0.15) is 8.42 Å². The van der Waals surface area contributed by atoms with Gasteiger partial charge in [-0.1, -0.05) is 30.7 Å². The fraction of sp³-hybridized carbons (Fsp3) is 0.577. The second-order valence-corrected chi connectivity index (χ2v) is 12.6. The van der Waals surface area contributed by atoms with Gasteiger partial charge in [-0.15, -0.1) is 0 Å². The lowest BCUT2D eigenvalue weighted by atomic mass is 9.96. The van der Waals surface area contributed by atoms with Gasteiger partial charge < -0.3 is 14.9 Å². The van der Waals surface area contributed by atoms with E-state index in [-0.39, 0.29) is 30.2 Å². The SMILES string of the molecule is C[C@@H]1C[C@@H](O)c2ncnc(N3CCN(C(=O)[C@H](CN(CCS(=O)(=O)O)C4CC4)c4ccc(Cl)cc4)CC3)c21. The van der Waals surface area contributed by atoms with Crippen molar-refractivity contribution in [1.82, 2.24) is 19.8 Å². The van der Waals surface area contributed by atoms with Gasteiger partial charge in [0.1, 0.15) is 12.1 Å². The first-order valence-electron chi connectivity index (χ1n) is 13.1. The van der Waals surface area contributed by atoms with Crippen LogP contribution >= 0.6 is 11.6 Å². The Kier molecular flexibility index (Phi) is 7.93. The number of hydrogen-bond donors (Lipinski definition) is 2. The van der Waals surface area contributed by atoms with Gasteiger partial charge in [-0.05, 0) is 42.9 Å². The maximum absolute atomic E-state index is 13.9. The number of fused-ring (bicyclic) bond motifs is 1. The van der Waals surface area contributed by atoms with Crippen LogP contribution in [0.15, 0.2) is 30.6 Å². The van der Waals surface area contributed by atoms with E-state index in [9.17, 15) is 22.9 Å². The summed E-state index contributed by atoms with van der Waals surface area (Å²) in [5.74, 6) is 0.146. The molecule has 2 fully saturated rings. The van der Waals surface area contributed by atoms with Crippen LogP contribution < -0.4 is 4.90 Å². The Bertz CT molecular complexity index is 1270. The predicted molar refractivity (Wildman–Crippen MR) is 144 cm³/mol. The van der Waals surface area contributed by atoms with Crippen molar-refractivity contribution in [2.75, 3.05) is 49.9 Å². The second-order valence-electron chi connectivity index (χ2n) is 10.6. The van der Waals surface area contributed by atoms with Crippen molar-refractivity contribution in [1.29, 1.82) is 0 Å². The number of piperazine rings is 1. The van der Waals surface area contributed by atoms with Crippen LogP contribution in [0.25, 0.3) is 0 Å². The number of carbonyl (C=O) groups excluding carboxylic acids is 1. The normalized spacial score (nSPS) is 22.6. The molecule has 206 valence electrons. The molecule has 3 aliphatic rings. The molecule has 2 heterocycles. The molecule has 2 aromatic rings. The Hall–Kier alpha value is -2.31. The monoisotopic (exact) mass is 563 g/mol. The second kappa shape index (κ2) is 11.1. The lowest BCUT2D eigenvalue weighted by molar-refractivity contribution is -0.133. The largest absolute Gasteiger partial charge is 0.387 e. The van der Waals surface area contributed by atoms with Gasteiger partial charge in [0.05, 0.1) is 23.5 Å². The molecule has 10 nitrogen and oxygen atoms in total. The summed E-state index contributed by atoms with van der Waals surface area (Å²) in [5, 5.41) is 10.9. The smallest absolute Gasteiger partial charge is 0.266 e. The number of halogens is 1. The third-order valence-electron chi connectivity index (χ3n) is 7.86. The summed E-state index contributed by atoms with van der Waals surface area (Å²) in [6, 6.07) is 7.45. The maximum Gasteiger partial charge on any atom is 0.266 e. The first-order valence-corrected chi connectivity index (χ1v) is 15.1. The maximum atomic E-state index is 13.9. The Morgan fingerprint density at radius 3 is 2.47 bits per heavy atom. The molecule has 0 radical (unpaired) electrons. The van der Waals surface area contributed by atoms with Crippen molar-refractivity contribution < 1.29 is 22.9 Å². The number of hydrogen-bond acceptors (Lipinski definition) is 8. The fourth-order valence-electron chi connectivity index (χ4n) is 5.66. The molecular weight excluding hydrogens is 530 g/mol. The van der Waals surface area contributed by atoms with Crippen molar-refractivity contribution in [3.63, 3.8) is 0 Å². The molecule has 1 amide bonds. The standard InChI is InChI=1S/C26H34ClN5O5S/c1-17-14-22(33)24-23(17)25(29-16-28-24)30-8-10-31(11-9-30)26(34)21(18-2-4-19(27)5-3-18)15-32(20-6-7-20)12-13-38(35,36)37/h2-5,16-17,20-22,33H,6-15H2,1H3,(H,35,36,37)/t17-,21-,22-/m1/s1. The minimum atomic E-state index is -4.10. The Balaban J connectivity index is 1.31. The number of aliphatic hydroxyl groups excluding tert-OH is 1. The van der Waals surface area contributed by atoms with Gasteiger partial charge in [-0.25, -0.2) is 9.97 Å². The average molecular weight is 564 g/mol. The predicted octanol–water partition coefficient (Wildman–Crippen LogP) is 2.46. The molecule has 1 aliphatic heterocycles. The number of nitrogens with zero attached hydrogens (tertiary/aromatic N) is 5. The Morgan fingerprint density at radius 1 is 1.16 bits per heavy atom. The van der Waals surface area contributed by atoms with E-state index < -0.39 is 22.1 Å². The van der Waals surface area contributed by atoms with Crippen LogP contribution in [0.4, 0.5) is 5.82 Å². The number of aromatic nitrogens is 2. The minimum Gasteiger partial charge on any atom is -0.387 e. The zero-order chi connectivity index (χ0) is 27.0. The van der Waals surface area contributed by atoms with E-state index in [0.717, 1.165) is 29.8 Å². The molecule has 1 saturated carbocycles. The van der Waals surface area contributed by atoms with Crippen LogP contribution in [0.1, 0.15) is 60.9 Å². The number of aliphatic hydroxyl groups is 1. The summed E-state index contributed by atoms with van der Waals surface area (Å²) in [4.78, 5) is 28.8. The highest BCUT2D eigenvalue weighted by molar-refractivity contribution is 7.85. The zero-order valence-electron chi connectivity index (χ0n) is 21.4. The molecule has 12 heteroatoms. The van der Waals surface area contributed by atoms with Crippen LogP contribution in [-0.4, -0.2) is 94.8 Å².